The highest BCUT2D eigenvalue weighted by Gasteiger charge is 2.19. The molecule has 3 aromatic rings. The van der Waals surface area contributed by atoms with Crippen LogP contribution < -0.4 is 10.6 Å². The maximum Gasteiger partial charge on any atom is 0.254 e. The average molecular weight is 481 g/mol. The third-order valence-electron chi connectivity index (χ3n) is 6.41. The Bertz CT molecular complexity index is 1140. The van der Waals surface area contributed by atoms with E-state index in [4.69, 9.17) is 9.72 Å². The van der Waals surface area contributed by atoms with Crippen molar-refractivity contribution in [2.24, 2.45) is 0 Å². The molecule has 2 aromatic heterocycles. The molecule has 2 saturated heterocycles. The number of rotatable bonds is 7. The standard InChI is InChI=1S/C25H32N6O2S/c1-18-17-28-25(27-5-2-8-30-9-6-26-7-10-30)29-23(18)22-15-19-3-4-20(16-21(19)34-22)24(32)31-11-13-33-14-12-31/h3-4,15-17,26H,2,5-14H2,1H3,(H,27,28,29). The Labute approximate surface area is 204 Å². The zero-order valence-electron chi connectivity index (χ0n) is 19.7. The minimum absolute atomic E-state index is 0.0747. The van der Waals surface area contributed by atoms with Gasteiger partial charge in [0.25, 0.3) is 5.91 Å². The fourth-order valence-electron chi connectivity index (χ4n) is 4.44. The van der Waals surface area contributed by atoms with Gasteiger partial charge >= 0.3 is 0 Å². The number of nitrogens with zero attached hydrogens (tertiary/aromatic N) is 4. The molecule has 0 radical (unpaired) electrons. The van der Waals surface area contributed by atoms with Crippen LogP contribution in [-0.4, -0.2) is 91.2 Å². The van der Waals surface area contributed by atoms with E-state index in [0.29, 0.717) is 32.3 Å². The van der Waals surface area contributed by atoms with E-state index in [1.807, 2.05) is 36.2 Å². The summed E-state index contributed by atoms with van der Waals surface area (Å²) in [6, 6.07) is 8.13. The second kappa shape index (κ2) is 10.8. The first-order chi connectivity index (χ1) is 16.7. The summed E-state index contributed by atoms with van der Waals surface area (Å²) in [5, 5.41) is 7.91. The van der Waals surface area contributed by atoms with Crippen molar-refractivity contribution in [3.05, 3.63) is 41.6 Å². The summed E-state index contributed by atoms with van der Waals surface area (Å²) in [6.45, 7) is 10.9. The van der Waals surface area contributed by atoms with E-state index in [-0.39, 0.29) is 5.91 Å². The molecule has 5 rings (SSSR count). The first kappa shape index (κ1) is 23.2. The Morgan fingerprint density at radius 3 is 2.82 bits per heavy atom. The molecule has 1 aromatic carbocycles. The van der Waals surface area contributed by atoms with Gasteiger partial charge < -0.3 is 25.2 Å². The Kier molecular flexibility index (Phi) is 7.34. The second-order valence-electron chi connectivity index (χ2n) is 8.87. The first-order valence-corrected chi connectivity index (χ1v) is 12.9. The number of anilines is 1. The molecule has 9 heteroatoms. The minimum atomic E-state index is 0.0747. The molecule has 4 heterocycles. The number of aromatic nitrogens is 2. The van der Waals surface area contributed by atoms with E-state index < -0.39 is 0 Å². The highest BCUT2D eigenvalue weighted by Crippen LogP contribution is 2.35. The van der Waals surface area contributed by atoms with Gasteiger partial charge in [-0.15, -0.1) is 11.3 Å². The average Bonchev–Trinajstić information content (AvgIpc) is 3.31. The van der Waals surface area contributed by atoms with Gasteiger partial charge in [-0.1, -0.05) is 6.07 Å². The molecule has 0 spiro atoms. The molecule has 2 aliphatic rings. The van der Waals surface area contributed by atoms with E-state index in [1.165, 1.54) is 0 Å². The van der Waals surface area contributed by atoms with Crippen molar-refractivity contribution < 1.29 is 9.53 Å². The number of morpholine rings is 1. The number of hydrogen-bond acceptors (Lipinski definition) is 8. The zero-order valence-corrected chi connectivity index (χ0v) is 20.5. The van der Waals surface area contributed by atoms with Crippen LogP contribution in [0.3, 0.4) is 0 Å². The molecular formula is C25H32N6O2S. The summed E-state index contributed by atoms with van der Waals surface area (Å²) in [7, 11) is 0. The molecule has 0 unspecified atom stereocenters. The van der Waals surface area contributed by atoms with Crippen LogP contribution in [-0.2, 0) is 4.74 Å². The summed E-state index contributed by atoms with van der Waals surface area (Å²) in [5.74, 6) is 0.743. The maximum absolute atomic E-state index is 12.9. The number of piperazine rings is 1. The number of amides is 1. The molecule has 0 saturated carbocycles. The van der Waals surface area contributed by atoms with Crippen LogP contribution >= 0.6 is 11.3 Å². The monoisotopic (exact) mass is 480 g/mol. The van der Waals surface area contributed by atoms with Gasteiger partial charge in [0.1, 0.15) is 0 Å². The molecule has 0 bridgehead atoms. The van der Waals surface area contributed by atoms with Crippen LogP contribution in [0.4, 0.5) is 5.95 Å². The number of benzene rings is 1. The predicted molar refractivity (Wildman–Crippen MR) is 137 cm³/mol. The van der Waals surface area contributed by atoms with Crippen LogP contribution in [0.5, 0.6) is 0 Å². The van der Waals surface area contributed by atoms with Gasteiger partial charge in [0.15, 0.2) is 0 Å². The van der Waals surface area contributed by atoms with Crippen molar-refractivity contribution >= 4 is 33.3 Å². The van der Waals surface area contributed by atoms with Gasteiger partial charge in [-0.05, 0) is 49.0 Å². The third-order valence-corrected chi connectivity index (χ3v) is 7.52. The van der Waals surface area contributed by atoms with Crippen molar-refractivity contribution in [2.75, 3.05) is 70.9 Å². The van der Waals surface area contributed by atoms with Crippen molar-refractivity contribution in [3.8, 4) is 10.6 Å². The Morgan fingerprint density at radius 1 is 1.18 bits per heavy atom. The number of hydrogen-bond donors (Lipinski definition) is 2. The molecule has 34 heavy (non-hydrogen) atoms. The topological polar surface area (TPSA) is 82.6 Å². The lowest BCUT2D eigenvalue weighted by Crippen LogP contribution is -2.44. The van der Waals surface area contributed by atoms with Crippen LogP contribution in [0.25, 0.3) is 20.7 Å². The van der Waals surface area contributed by atoms with E-state index >= 15 is 0 Å². The first-order valence-electron chi connectivity index (χ1n) is 12.1. The second-order valence-corrected chi connectivity index (χ2v) is 9.95. The largest absolute Gasteiger partial charge is 0.378 e. The number of nitrogens with one attached hydrogen (secondary N) is 2. The Morgan fingerprint density at radius 2 is 2.00 bits per heavy atom. The number of ether oxygens (including phenoxy) is 1. The highest BCUT2D eigenvalue weighted by molar-refractivity contribution is 7.22. The normalized spacial score (nSPS) is 17.3. The van der Waals surface area contributed by atoms with Gasteiger partial charge in [0, 0.05) is 62.3 Å². The van der Waals surface area contributed by atoms with Crippen molar-refractivity contribution in [1.82, 2.24) is 25.1 Å². The molecular weight excluding hydrogens is 448 g/mol. The molecule has 180 valence electrons. The van der Waals surface area contributed by atoms with Gasteiger partial charge in [-0.25, -0.2) is 9.97 Å². The van der Waals surface area contributed by atoms with Crippen LogP contribution in [0.1, 0.15) is 22.3 Å². The Hall–Kier alpha value is -2.59. The number of aryl methyl sites for hydroxylation is 1. The maximum atomic E-state index is 12.9. The predicted octanol–water partition coefficient (Wildman–Crippen LogP) is 2.85. The zero-order chi connectivity index (χ0) is 23.3. The SMILES string of the molecule is Cc1cnc(NCCCN2CCNCC2)nc1-c1cc2ccc(C(=O)N3CCOCC3)cc2s1. The Balaban J connectivity index is 1.27. The van der Waals surface area contributed by atoms with E-state index in [9.17, 15) is 4.79 Å². The summed E-state index contributed by atoms with van der Waals surface area (Å²) < 4.78 is 6.47. The molecule has 2 N–H and O–H groups in total. The molecule has 0 atom stereocenters. The summed E-state index contributed by atoms with van der Waals surface area (Å²) in [5.41, 5.74) is 2.72. The molecule has 1 amide bonds. The van der Waals surface area contributed by atoms with Crippen LogP contribution in [0.15, 0.2) is 30.5 Å². The number of carbonyl (C=O) groups excluding carboxylic acids is 1. The van der Waals surface area contributed by atoms with Gasteiger partial charge in [-0.3, -0.25) is 4.79 Å². The molecule has 0 aliphatic carbocycles. The molecule has 2 fully saturated rings. The van der Waals surface area contributed by atoms with Crippen LogP contribution in [0.2, 0.25) is 0 Å². The summed E-state index contributed by atoms with van der Waals surface area (Å²) in [6.07, 6.45) is 2.95. The lowest BCUT2D eigenvalue weighted by Gasteiger charge is -2.27. The third kappa shape index (κ3) is 5.38. The number of thiophene rings is 1. The summed E-state index contributed by atoms with van der Waals surface area (Å²) in [4.78, 5) is 27.7. The number of carbonyl (C=O) groups is 1. The minimum Gasteiger partial charge on any atom is -0.378 e. The molecule has 2 aliphatic heterocycles. The van der Waals surface area contributed by atoms with Gasteiger partial charge in [0.05, 0.1) is 23.8 Å². The fourth-order valence-corrected chi connectivity index (χ4v) is 5.60. The smallest absolute Gasteiger partial charge is 0.254 e. The van der Waals surface area contributed by atoms with Gasteiger partial charge in [-0.2, -0.15) is 0 Å². The highest BCUT2D eigenvalue weighted by atomic mass is 32.1. The fraction of sp³-hybridized carbons (Fsp3) is 0.480. The van der Waals surface area contributed by atoms with E-state index in [2.05, 4.69) is 26.6 Å². The van der Waals surface area contributed by atoms with Crippen molar-refractivity contribution in [1.29, 1.82) is 0 Å². The van der Waals surface area contributed by atoms with E-state index in [0.717, 1.165) is 77.5 Å². The number of fused-ring (bicyclic) bond motifs is 1. The van der Waals surface area contributed by atoms with Gasteiger partial charge in [0.2, 0.25) is 5.95 Å². The van der Waals surface area contributed by atoms with Crippen LogP contribution in [0, 0.1) is 6.92 Å². The van der Waals surface area contributed by atoms with E-state index in [1.54, 1.807) is 11.3 Å². The molecule has 8 nitrogen and oxygen atoms in total. The quantitative estimate of drug-likeness (QED) is 0.503. The summed E-state index contributed by atoms with van der Waals surface area (Å²) >= 11 is 1.67. The lowest BCUT2D eigenvalue weighted by atomic mass is 10.1. The van der Waals surface area contributed by atoms with Crippen molar-refractivity contribution in [3.63, 3.8) is 0 Å². The van der Waals surface area contributed by atoms with Crippen molar-refractivity contribution in [2.45, 2.75) is 13.3 Å². The lowest BCUT2D eigenvalue weighted by molar-refractivity contribution is 0.0303.